The summed E-state index contributed by atoms with van der Waals surface area (Å²) in [6, 6.07) is 15.8. The van der Waals surface area contributed by atoms with Crippen LogP contribution in [0.25, 0.3) is 6.08 Å². The number of benzene rings is 2. The molecule has 2 aromatic carbocycles. The van der Waals surface area contributed by atoms with Crippen LogP contribution in [-0.2, 0) is 14.3 Å². The first-order valence-corrected chi connectivity index (χ1v) is 9.06. The van der Waals surface area contributed by atoms with Gasteiger partial charge in [0.1, 0.15) is 0 Å². The maximum absolute atomic E-state index is 12.5. The number of hydrogen-bond acceptors (Lipinski definition) is 4. The van der Waals surface area contributed by atoms with Gasteiger partial charge >= 0.3 is 5.97 Å². The van der Waals surface area contributed by atoms with Gasteiger partial charge in [0.25, 0.3) is 0 Å². The minimum Gasteiger partial charge on any atom is -0.451 e. The number of hydrogen-bond donors (Lipinski definition) is 1. The normalized spacial score (nSPS) is 12.4. The first-order valence-electron chi connectivity index (χ1n) is 9.06. The lowest BCUT2D eigenvalue weighted by molar-refractivity contribution is -0.140. The highest BCUT2D eigenvalue weighted by Crippen LogP contribution is 2.18. The summed E-state index contributed by atoms with van der Waals surface area (Å²) in [5.41, 5.74) is 1.36. The molecule has 0 bridgehead atoms. The van der Waals surface area contributed by atoms with E-state index in [0.717, 1.165) is 5.56 Å². The molecule has 0 aliphatic carbocycles. The maximum Gasteiger partial charge on any atom is 0.331 e. The number of esters is 1. The molecule has 2 aromatic rings. The molecule has 1 N–H and O–H groups in total. The number of amides is 1. The third-order valence-corrected chi connectivity index (χ3v) is 3.98. The second-order valence-corrected chi connectivity index (χ2v) is 7.47. The number of carbonyl (C=O) groups is 3. The number of ketones is 1. The molecular weight excluding hydrogens is 354 g/mol. The van der Waals surface area contributed by atoms with E-state index in [-0.39, 0.29) is 11.7 Å². The van der Waals surface area contributed by atoms with Crippen LogP contribution in [-0.4, -0.2) is 23.8 Å². The second kappa shape index (κ2) is 9.13. The number of carbonyl (C=O) groups excluding carboxylic acids is 3. The summed E-state index contributed by atoms with van der Waals surface area (Å²) >= 11 is 0. The monoisotopic (exact) mass is 379 g/mol. The highest BCUT2D eigenvalue weighted by atomic mass is 16.5. The second-order valence-electron chi connectivity index (χ2n) is 7.47. The van der Waals surface area contributed by atoms with Gasteiger partial charge in [-0.15, -0.1) is 0 Å². The third kappa shape index (κ3) is 6.20. The minimum absolute atomic E-state index is 0.112. The lowest BCUT2D eigenvalue weighted by Crippen LogP contribution is -2.27. The van der Waals surface area contributed by atoms with Crippen LogP contribution in [0.1, 0.15) is 43.6 Å². The van der Waals surface area contributed by atoms with Gasteiger partial charge < -0.3 is 10.1 Å². The number of rotatable bonds is 6. The van der Waals surface area contributed by atoms with Crippen LogP contribution in [0, 0.1) is 5.41 Å². The number of anilines is 1. The van der Waals surface area contributed by atoms with Crippen molar-refractivity contribution in [2.75, 3.05) is 5.32 Å². The van der Waals surface area contributed by atoms with E-state index >= 15 is 0 Å². The fourth-order valence-electron chi connectivity index (χ4n) is 2.27. The Balaban J connectivity index is 1.94. The molecule has 2 rings (SSSR count). The van der Waals surface area contributed by atoms with Gasteiger partial charge in [0.05, 0.1) is 0 Å². The van der Waals surface area contributed by atoms with Crippen molar-refractivity contribution in [1.82, 2.24) is 0 Å². The van der Waals surface area contributed by atoms with Crippen molar-refractivity contribution >= 4 is 29.4 Å². The van der Waals surface area contributed by atoms with Gasteiger partial charge in [-0.25, -0.2) is 4.79 Å². The van der Waals surface area contributed by atoms with Crippen LogP contribution < -0.4 is 5.32 Å². The summed E-state index contributed by atoms with van der Waals surface area (Å²) in [5.74, 6) is -1.01. The Hall–Kier alpha value is -3.21. The van der Waals surface area contributed by atoms with Gasteiger partial charge in [0, 0.05) is 22.7 Å². The molecule has 0 unspecified atom stereocenters. The fraction of sp³-hybridized carbons (Fsp3) is 0.261. The third-order valence-electron chi connectivity index (χ3n) is 3.98. The highest BCUT2D eigenvalue weighted by Gasteiger charge is 2.22. The molecule has 28 heavy (non-hydrogen) atoms. The average Bonchev–Trinajstić information content (AvgIpc) is 2.66. The van der Waals surface area contributed by atoms with Gasteiger partial charge in [-0.2, -0.15) is 0 Å². The van der Waals surface area contributed by atoms with Crippen molar-refractivity contribution in [3.63, 3.8) is 0 Å². The topological polar surface area (TPSA) is 72.5 Å². The molecule has 0 aliphatic heterocycles. The quantitative estimate of drug-likeness (QED) is 0.456. The van der Waals surface area contributed by atoms with Crippen molar-refractivity contribution in [3.05, 3.63) is 71.8 Å². The molecule has 0 heterocycles. The van der Waals surface area contributed by atoms with Crippen LogP contribution in [0.15, 0.2) is 60.7 Å². The summed E-state index contributed by atoms with van der Waals surface area (Å²) in [6.45, 7) is 7.00. The summed E-state index contributed by atoms with van der Waals surface area (Å²) in [6.07, 6.45) is 2.01. The van der Waals surface area contributed by atoms with E-state index < -0.39 is 17.5 Å². The highest BCUT2D eigenvalue weighted by molar-refractivity contribution is 6.01. The van der Waals surface area contributed by atoms with E-state index in [9.17, 15) is 14.4 Å². The average molecular weight is 379 g/mol. The molecule has 0 aliphatic rings. The van der Waals surface area contributed by atoms with E-state index in [1.54, 1.807) is 30.3 Å². The molecule has 0 spiro atoms. The Bertz CT molecular complexity index is 862. The van der Waals surface area contributed by atoms with E-state index in [1.807, 2.05) is 51.1 Å². The van der Waals surface area contributed by atoms with Crippen molar-refractivity contribution in [2.24, 2.45) is 5.41 Å². The molecule has 1 atom stereocenters. The summed E-state index contributed by atoms with van der Waals surface area (Å²) in [7, 11) is 0. The molecule has 0 saturated heterocycles. The maximum atomic E-state index is 12.5. The molecule has 5 heteroatoms. The van der Waals surface area contributed by atoms with E-state index in [2.05, 4.69) is 5.32 Å². The summed E-state index contributed by atoms with van der Waals surface area (Å²) < 4.78 is 5.18. The lowest BCUT2D eigenvalue weighted by Gasteiger charge is -2.18. The van der Waals surface area contributed by atoms with Crippen LogP contribution in [0.4, 0.5) is 5.69 Å². The fourth-order valence-corrected chi connectivity index (χ4v) is 2.27. The SMILES string of the molecule is C[C@@H](OC(=O)/C=C/c1ccccc1)C(=O)c1ccc(NC(=O)C(C)(C)C)cc1. The predicted molar refractivity (Wildman–Crippen MR) is 110 cm³/mol. The molecular formula is C23H25NO4. The van der Waals surface area contributed by atoms with Crippen molar-refractivity contribution in [2.45, 2.75) is 33.8 Å². The van der Waals surface area contributed by atoms with E-state index in [4.69, 9.17) is 4.74 Å². The van der Waals surface area contributed by atoms with E-state index in [1.165, 1.54) is 13.0 Å². The van der Waals surface area contributed by atoms with Gasteiger partial charge in [-0.05, 0) is 42.8 Å². The van der Waals surface area contributed by atoms with Gasteiger partial charge in [0.15, 0.2) is 6.10 Å². The van der Waals surface area contributed by atoms with Gasteiger partial charge in [-0.1, -0.05) is 51.1 Å². The molecule has 1 amide bonds. The Kier molecular flexibility index (Phi) is 6.88. The largest absolute Gasteiger partial charge is 0.451 e. The van der Waals surface area contributed by atoms with Crippen molar-refractivity contribution in [3.8, 4) is 0 Å². The van der Waals surface area contributed by atoms with Gasteiger partial charge in [0.2, 0.25) is 11.7 Å². The van der Waals surface area contributed by atoms with Crippen molar-refractivity contribution in [1.29, 1.82) is 0 Å². The number of Topliss-reactive ketones (excluding diaryl/α,β-unsaturated/α-hetero) is 1. The van der Waals surface area contributed by atoms with Crippen LogP contribution in [0.2, 0.25) is 0 Å². The Labute approximate surface area is 165 Å². The van der Waals surface area contributed by atoms with Crippen LogP contribution in [0.5, 0.6) is 0 Å². The molecule has 0 radical (unpaired) electrons. The predicted octanol–water partition coefficient (Wildman–Crippen LogP) is 4.50. The van der Waals surface area contributed by atoms with Gasteiger partial charge in [-0.3, -0.25) is 9.59 Å². The minimum atomic E-state index is -0.914. The smallest absolute Gasteiger partial charge is 0.331 e. The zero-order valence-corrected chi connectivity index (χ0v) is 16.6. The molecule has 0 aromatic heterocycles. The summed E-state index contributed by atoms with van der Waals surface area (Å²) in [4.78, 5) is 36.4. The summed E-state index contributed by atoms with van der Waals surface area (Å²) in [5, 5.41) is 2.80. The standard InChI is InChI=1S/C23H25NO4/c1-16(28-20(25)15-10-17-8-6-5-7-9-17)21(26)18-11-13-19(14-12-18)24-22(27)23(2,3)4/h5-16H,1-4H3,(H,24,27)/b15-10+/t16-/m1/s1. The Morgan fingerprint density at radius 1 is 0.964 bits per heavy atom. The first kappa shape index (κ1) is 21.1. The Morgan fingerprint density at radius 2 is 1.57 bits per heavy atom. The zero-order chi connectivity index (χ0) is 20.7. The molecule has 0 saturated carbocycles. The first-order chi connectivity index (χ1) is 13.2. The Morgan fingerprint density at radius 3 is 2.14 bits per heavy atom. The van der Waals surface area contributed by atoms with E-state index in [0.29, 0.717) is 11.3 Å². The lowest BCUT2D eigenvalue weighted by atomic mass is 9.95. The van der Waals surface area contributed by atoms with Crippen molar-refractivity contribution < 1.29 is 19.1 Å². The van der Waals surface area contributed by atoms with Crippen LogP contribution in [0.3, 0.4) is 0 Å². The molecule has 146 valence electrons. The molecule has 5 nitrogen and oxygen atoms in total. The number of ether oxygens (including phenoxy) is 1. The number of nitrogens with one attached hydrogen (secondary N) is 1. The zero-order valence-electron chi connectivity index (χ0n) is 16.6. The van der Waals surface area contributed by atoms with Crippen LogP contribution >= 0.6 is 0 Å². The molecule has 0 fully saturated rings.